The molecule has 0 radical (unpaired) electrons. The van der Waals surface area contributed by atoms with Crippen LogP contribution < -0.4 is 14.2 Å². The van der Waals surface area contributed by atoms with Crippen LogP contribution in [0.1, 0.15) is 15.9 Å². The van der Waals surface area contributed by atoms with Crippen LogP contribution in [0.2, 0.25) is 8.67 Å². The Hall–Kier alpha value is -1.69. The third-order valence-corrected chi connectivity index (χ3v) is 4.56. The first kappa shape index (κ1) is 17.7. The molecule has 0 aliphatic heterocycles. The van der Waals surface area contributed by atoms with E-state index in [-0.39, 0.29) is 5.78 Å². The van der Waals surface area contributed by atoms with Crippen LogP contribution in [0.15, 0.2) is 24.3 Å². The zero-order chi connectivity index (χ0) is 17.0. The SMILES string of the molecule is COc1ccc(/C=C/C(=O)c2cc(Cl)sc2Cl)c(OC)c1OC. The Bertz CT molecular complexity index is 753. The molecule has 4 nitrogen and oxygen atoms in total. The molecule has 2 aromatic rings. The van der Waals surface area contributed by atoms with Gasteiger partial charge in [-0.1, -0.05) is 23.2 Å². The van der Waals surface area contributed by atoms with Gasteiger partial charge in [-0.2, -0.15) is 0 Å². The zero-order valence-electron chi connectivity index (χ0n) is 12.7. The van der Waals surface area contributed by atoms with E-state index in [0.717, 1.165) is 11.3 Å². The summed E-state index contributed by atoms with van der Waals surface area (Å²) in [6.45, 7) is 0. The van der Waals surface area contributed by atoms with Crippen molar-refractivity contribution in [2.24, 2.45) is 0 Å². The zero-order valence-corrected chi connectivity index (χ0v) is 15.0. The highest BCUT2D eigenvalue weighted by molar-refractivity contribution is 7.20. The van der Waals surface area contributed by atoms with Crippen LogP contribution in [0.3, 0.4) is 0 Å². The lowest BCUT2D eigenvalue weighted by atomic mass is 10.1. The van der Waals surface area contributed by atoms with Gasteiger partial charge in [-0.3, -0.25) is 4.79 Å². The highest BCUT2D eigenvalue weighted by Crippen LogP contribution is 2.40. The first-order chi connectivity index (χ1) is 11.0. The maximum atomic E-state index is 12.2. The number of hydrogen-bond donors (Lipinski definition) is 0. The monoisotopic (exact) mass is 372 g/mol. The van der Waals surface area contributed by atoms with Gasteiger partial charge in [-0.05, 0) is 30.4 Å². The van der Waals surface area contributed by atoms with Crippen LogP contribution in [0, 0.1) is 0 Å². The summed E-state index contributed by atoms with van der Waals surface area (Å²) in [4.78, 5) is 12.2. The molecule has 1 aromatic heterocycles. The van der Waals surface area contributed by atoms with Gasteiger partial charge < -0.3 is 14.2 Å². The van der Waals surface area contributed by atoms with Crippen molar-refractivity contribution in [2.75, 3.05) is 21.3 Å². The van der Waals surface area contributed by atoms with Gasteiger partial charge in [0.15, 0.2) is 17.3 Å². The molecule has 0 unspecified atom stereocenters. The van der Waals surface area contributed by atoms with E-state index in [1.54, 1.807) is 31.4 Å². The predicted molar refractivity (Wildman–Crippen MR) is 93.8 cm³/mol. The van der Waals surface area contributed by atoms with Crippen molar-refractivity contribution in [3.8, 4) is 17.2 Å². The van der Waals surface area contributed by atoms with E-state index in [1.807, 2.05) is 0 Å². The fourth-order valence-electron chi connectivity index (χ4n) is 2.02. The summed E-state index contributed by atoms with van der Waals surface area (Å²) in [5.41, 5.74) is 1.05. The second-order valence-corrected chi connectivity index (χ2v) is 6.64. The number of ketones is 1. The number of benzene rings is 1. The van der Waals surface area contributed by atoms with Gasteiger partial charge in [0, 0.05) is 5.56 Å². The molecular weight excluding hydrogens is 359 g/mol. The number of carbonyl (C=O) groups is 1. The maximum absolute atomic E-state index is 12.2. The highest BCUT2D eigenvalue weighted by Gasteiger charge is 2.15. The molecule has 0 saturated carbocycles. The van der Waals surface area contributed by atoms with E-state index >= 15 is 0 Å². The fourth-order valence-corrected chi connectivity index (χ4v) is 3.49. The highest BCUT2D eigenvalue weighted by atomic mass is 35.5. The van der Waals surface area contributed by atoms with E-state index in [2.05, 4.69) is 0 Å². The maximum Gasteiger partial charge on any atom is 0.203 e. The largest absolute Gasteiger partial charge is 0.493 e. The third kappa shape index (κ3) is 3.80. The van der Waals surface area contributed by atoms with Gasteiger partial charge in [0.2, 0.25) is 5.75 Å². The third-order valence-electron chi connectivity index (χ3n) is 3.07. The van der Waals surface area contributed by atoms with Crippen LogP contribution in [-0.4, -0.2) is 27.1 Å². The van der Waals surface area contributed by atoms with Crippen LogP contribution in [0.5, 0.6) is 17.2 Å². The Labute approximate surface area is 148 Å². The number of carbonyl (C=O) groups excluding carboxylic acids is 1. The van der Waals surface area contributed by atoms with E-state index in [4.69, 9.17) is 37.4 Å². The lowest BCUT2D eigenvalue weighted by Crippen LogP contribution is -1.97. The normalized spacial score (nSPS) is 10.8. The van der Waals surface area contributed by atoms with Crippen molar-refractivity contribution in [3.63, 3.8) is 0 Å². The molecule has 0 aliphatic rings. The quantitative estimate of drug-likeness (QED) is 0.529. The Balaban J connectivity index is 2.36. The molecule has 0 amide bonds. The number of methoxy groups -OCH3 is 3. The Morgan fingerprint density at radius 3 is 2.30 bits per heavy atom. The Morgan fingerprint density at radius 2 is 1.78 bits per heavy atom. The van der Waals surface area contributed by atoms with Crippen LogP contribution >= 0.6 is 34.5 Å². The molecule has 0 N–H and O–H groups in total. The Kier molecular flexibility index (Phi) is 5.93. The lowest BCUT2D eigenvalue weighted by molar-refractivity contribution is 0.104. The van der Waals surface area contributed by atoms with Crippen molar-refractivity contribution in [1.29, 1.82) is 0 Å². The number of ether oxygens (including phenoxy) is 3. The summed E-state index contributed by atoms with van der Waals surface area (Å²) < 4.78 is 16.7. The van der Waals surface area contributed by atoms with Gasteiger partial charge in [-0.25, -0.2) is 0 Å². The number of allylic oxidation sites excluding steroid dienone is 1. The summed E-state index contributed by atoms with van der Waals surface area (Å²) in [5.74, 6) is 1.24. The van der Waals surface area contributed by atoms with Crippen LogP contribution in [0.4, 0.5) is 0 Å². The molecule has 122 valence electrons. The first-order valence-corrected chi connectivity index (χ1v) is 8.05. The summed E-state index contributed by atoms with van der Waals surface area (Å²) in [6, 6.07) is 5.05. The summed E-state index contributed by atoms with van der Waals surface area (Å²) >= 11 is 13.0. The van der Waals surface area contributed by atoms with E-state index < -0.39 is 0 Å². The van der Waals surface area contributed by atoms with Gasteiger partial charge in [0.1, 0.15) is 4.34 Å². The van der Waals surface area contributed by atoms with Crippen molar-refractivity contribution in [1.82, 2.24) is 0 Å². The molecule has 0 saturated heterocycles. The fraction of sp³-hybridized carbons (Fsp3) is 0.188. The van der Waals surface area contributed by atoms with Gasteiger partial charge >= 0.3 is 0 Å². The smallest absolute Gasteiger partial charge is 0.203 e. The molecule has 7 heteroatoms. The van der Waals surface area contributed by atoms with E-state index in [0.29, 0.717) is 37.0 Å². The second-order valence-electron chi connectivity index (χ2n) is 4.36. The second kappa shape index (κ2) is 7.73. The van der Waals surface area contributed by atoms with E-state index in [1.165, 1.54) is 20.3 Å². The van der Waals surface area contributed by atoms with Crippen LogP contribution in [-0.2, 0) is 0 Å². The van der Waals surface area contributed by atoms with Crippen molar-refractivity contribution >= 4 is 46.4 Å². The average molecular weight is 373 g/mol. The average Bonchev–Trinajstić information content (AvgIpc) is 2.89. The topological polar surface area (TPSA) is 44.8 Å². The minimum absolute atomic E-state index is 0.241. The molecule has 0 bridgehead atoms. The minimum atomic E-state index is -0.241. The van der Waals surface area contributed by atoms with Crippen molar-refractivity contribution in [3.05, 3.63) is 44.1 Å². The van der Waals surface area contributed by atoms with E-state index in [9.17, 15) is 4.79 Å². The molecule has 0 atom stereocenters. The summed E-state index contributed by atoms with van der Waals surface area (Å²) in [5, 5.41) is 0. The molecule has 23 heavy (non-hydrogen) atoms. The molecule has 1 aromatic carbocycles. The minimum Gasteiger partial charge on any atom is -0.493 e. The molecule has 0 spiro atoms. The number of hydrogen-bond acceptors (Lipinski definition) is 5. The summed E-state index contributed by atoms with van der Waals surface area (Å²) in [7, 11) is 4.58. The molecule has 0 aliphatic carbocycles. The number of halogens is 2. The van der Waals surface area contributed by atoms with Crippen molar-refractivity contribution in [2.45, 2.75) is 0 Å². The first-order valence-electron chi connectivity index (χ1n) is 6.48. The summed E-state index contributed by atoms with van der Waals surface area (Å²) in [6.07, 6.45) is 3.04. The standard InChI is InChI=1S/C16H14Cl2O4S/c1-20-12-7-5-9(14(21-2)15(12)22-3)4-6-11(19)10-8-13(17)23-16(10)18/h4-8H,1-3H3/b6-4+. The molecular formula is C16H14Cl2O4S. The Morgan fingerprint density at radius 1 is 1.09 bits per heavy atom. The number of rotatable bonds is 6. The lowest BCUT2D eigenvalue weighted by Gasteiger charge is -2.13. The van der Waals surface area contributed by atoms with Gasteiger partial charge in [-0.15, -0.1) is 11.3 Å². The molecule has 0 fully saturated rings. The van der Waals surface area contributed by atoms with Gasteiger partial charge in [0.25, 0.3) is 0 Å². The molecule has 2 rings (SSSR count). The predicted octanol–water partition coefficient (Wildman–Crippen LogP) is 4.98. The van der Waals surface area contributed by atoms with Gasteiger partial charge in [0.05, 0.1) is 31.2 Å². The molecule has 1 heterocycles. The van der Waals surface area contributed by atoms with Crippen molar-refractivity contribution < 1.29 is 19.0 Å². The van der Waals surface area contributed by atoms with Crippen LogP contribution in [0.25, 0.3) is 6.08 Å². The number of thiophene rings is 1.